The van der Waals surface area contributed by atoms with Gasteiger partial charge in [0.2, 0.25) is 0 Å². The van der Waals surface area contributed by atoms with E-state index in [1.165, 1.54) is 28.8 Å². The molecule has 4 rings (SSSR count). The summed E-state index contributed by atoms with van der Waals surface area (Å²) in [6.45, 7) is 2.30. The van der Waals surface area contributed by atoms with Gasteiger partial charge in [-0.1, -0.05) is 0 Å². The van der Waals surface area contributed by atoms with Gasteiger partial charge in [-0.2, -0.15) is 0 Å². The van der Waals surface area contributed by atoms with E-state index in [9.17, 15) is 14.0 Å². The largest absolute Gasteiger partial charge is 0.368 e. The maximum Gasteiger partial charge on any atom is 0.266 e. The number of rotatable bonds is 3. The zero-order chi connectivity index (χ0) is 19.0. The number of anilines is 1. The first kappa shape index (κ1) is 17.4. The summed E-state index contributed by atoms with van der Waals surface area (Å²) in [4.78, 5) is 29.7. The lowest BCUT2D eigenvalue weighted by Gasteiger charge is -2.13. The first-order valence-corrected chi connectivity index (χ1v) is 8.75. The second-order valence-electron chi connectivity index (χ2n) is 6.50. The van der Waals surface area contributed by atoms with Crippen LogP contribution < -0.4 is 10.9 Å². The van der Waals surface area contributed by atoms with Crippen molar-refractivity contribution in [3.63, 3.8) is 0 Å². The smallest absolute Gasteiger partial charge is 0.266 e. The first-order chi connectivity index (χ1) is 13.0. The van der Waals surface area contributed by atoms with Crippen LogP contribution in [0.5, 0.6) is 0 Å². The van der Waals surface area contributed by atoms with Crippen LogP contribution in [-0.2, 0) is 9.53 Å². The number of halogens is 1. The van der Waals surface area contributed by atoms with Crippen molar-refractivity contribution in [2.75, 3.05) is 11.9 Å². The number of amides is 1. The number of nitrogens with one attached hydrogen (secondary N) is 1. The summed E-state index contributed by atoms with van der Waals surface area (Å²) in [5.74, 6) is -0.0987. The molecule has 2 heterocycles. The van der Waals surface area contributed by atoms with E-state index in [2.05, 4.69) is 10.3 Å². The predicted octanol–water partition coefficient (Wildman–Crippen LogP) is 2.95. The number of aromatic nitrogens is 2. The maximum absolute atomic E-state index is 13.2. The second kappa shape index (κ2) is 6.92. The molecule has 1 aliphatic heterocycles. The number of hydrogen-bond acceptors (Lipinski definition) is 4. The molecular weight excluding hydrogens is 349 g/mol. The number of fused-ring (bicyclic) bond motifs is 1. The minimum Gasteiger partial charge on any atom is -0.368 e. The molecule has 1 amide bonds. The van der Waals surface area contributed by atoms with Gasteiger partial charge in [-0.25, -0.2) is 9.37 Å². The van der Waals surface area contributed by atoms with Gasteiger partial charge in [0.05, 0.1) is 16.6 Å². The van der Waals surface area contributed by atoms with Crippen LogP contribution in [0.25, 0.3) is 16.6 Å². The fourth-order valence-corrected chi connectivity index (χ4v) is 3.28. The number of carbonyl (C=O) groups excluding carboxylic acids is 1. The topological polar surface area (TPSA) is 73.2 Å². The number of nitrogens with zero attached hydrogens (tertiary/aromatic N) is 2. The van der Waals surface area contributed by atoms with Gasteiger partial charge in [0, 0.05) is 12.3 Å². The molecule has 3 aromatic rings. The Kier molecular flexibility index (Phi) is 4.45. The average molecular weight is 367 g/mol. The molecule has 0 radical (unpaired) electrons. The normalized spacial score (nSPS) is 16.6. The summed E-state index contributed by atoms with van der Waals surface area (Å²) in [6, 6.07) is 10.7. The summed E-state index contributed by atoms with van der Waals surface area (Å²) in [5.41, 5.74) is 1.29. The molecule has 0 aliphatic carbocycles. The van der Waals surface area contributed by atoms with Gasteiger partial charge in [-0.05, 0) is 62.2 Å². The molecule has 0 saturated carbocycles. The molecule has 1 atom stereocenters. The summed E-state index contributed by atoms with van der Waals surface area (Å²) >= 11 is 0. The molecule has 1 aliphatic rings. The van der Waals surface area contributed by atoms with Crippen molar-refractivity contribution >= 4 is 22.5 Å². The molecular formula is C20H18FN3O3. The molecule has 0 spiro atoms. The van der Waals surface area contributed by atoms with Crippen molar-refractivity contribution in [1.29, 1.82) is 0 Å². The minimum absolute atomic E-state index is 0.217. The zero-order valence-electron chi connectivity index (χ0n) is 14.7. The molecule has 138 valence electrons. The van der Waals surface area contributed by atoms with Gasteiger partial charge in [0.25, 0.3) is 11.5 Å². The van der Waals surface area contributed by atoms with Crippen LogP contribution in [0.3, 0.4) is 0 Å². The highest BCUT2D eigenvalue weighted by Gasteiger charge is 2.23. The molecule has 2 aromatic carbocycles. The van der Waals surface area contributed by atoms with Gasteiger partial charge in [-0.3, -0.25) is 14.2 Å². The van der Waals surface area contributed by atoms with E-state index < -0.39 is 6.10 Å². The highest BCUT2D eigenvalue weighted by Crippen LogP contribution is 2.19. The van der Waals surface area contributed by atoms with Crippen molar-refractivity contribution in [2.24, 2.45) is 0 Å². The molecule has 1 N–H and O–H groups in total. The van der Waals surface area contributed by atoms with Crippen molar-refractivity contribution in [2.45, 2.75) is 25.9 Å². The van der Waals surface area contributed by atoms with Gasteiger partial charge in [-0.15, -0.1) is 0 Å². The molecule has 27 heavy (non-hydrogen) atoms. The molecule has 1 aromatic heterocycles. The van der Waals surface area contributed by atoms with E-state index in [1.54, 1.807) is 25.1 Å². The number of carbonyl (C=O) groups is 1. The fraction of sp³-hybridized carbons (Fsp3) is 0.250. The Bertz CT molecular complexity index is 1070. The van der Waals surface area contributed by atoms with Gasteiger partial charge < -0.3 is 10.1 Å². The molecule has 0 bridgehead atoms. The van der Waals surface area contributed by atoms with Gasteiger partial charge in [0.1, 0.15) is 17.7 Å². The van der Waals surface area contributed by atoms with Crippen LogP contribution in [0.4, 0.5) is 10.1 Å². The number of hydrogen-bond donors (Lipinski definition) is 1. The molecule has 6 nitrogen and oxygen atoms in total. The first-order valence-electron chi connectivity index (χ1n) is 8.75. The predicted molar refractivity (Wildman–Crippen MR) is 99.6 cm³/mol. The Labute approximate surface area is 154 Å². The van der Waals surface area contributed by atoms with Crippen LogP contribution in [0.2, 0.25) is 0 Å². The summed E-state index contributed by atoms with van der Waals surface area (Å²) in [5, 5.41) is 3.17. The fourth-order valence-electron chi connectivity index (χ4n) is 3.28. The lowest BCUT2D eigenvalue weighted by atomic mass is 10.2. The third kappa shape index (κ3) is 3.33. The van der Waals surface area contributed by atoms with Crippen molar-refractivity contribution < 1.29 is 13.9 Å². The lowest BCUT2D eigenvalue weighted by molar-refractivity contribution is -0.124. The highest BCUT2D eigenvalue weighted by molar-refractivity contribution is 5.96. The van der Waals surface area contributed by atoms with E-state index >= 15 is 0 Å². The van der Waals surface area contributed by atoms with Crippen LogP contribution in [0.1, 0.15) is 18.7 Å². The van der Waals surface area contributed by atoms with Crippen molar-refractivity contribution in [3.8, 4) is 5.69 Å². The van der Waals surface area contributed by atoms with Crippen LogP contribution in [0.15, 0.2) is 47.3 Å². The third-order valence-corrected chi connectivity index (χ3v) is 4.61. The zero-order valence-corrected chi connectivity index (χ0v) is 14.7. The average Bonchev–Trinajstić information content (AvgIpc) is 3.19. The Morgan fingerprint density at radius 2 is 2.04 bits per heavy atom. The maximum atomic E-state index is 13.2. The monoisotopic (exact) mass is 367 g/mol. The lowest BCUT2D eigenvalue weighted by Crippen LogP contribution is -2.27. The quantitative estimate of drug-likeness (QED) is 0.772. The molecule has 7 heteroatoms. The van der Waals surface area contributed by atoms with E-state index in [0.29, 0.717) is 41.1 Å². The van der Waals surface area contributed by atoms with Gasteiger partial charge >= 0.3 is 0 Å². The Morgan fingerprint density at radius 3 is 2.74 bits per heavy atom. The standard InChI is InChI=1S/C20H18FN3O3/c1-12-22-17-9-6-14(23-19(25)18-3-2-10-27-18)11-16(17)20(26)24(12)15-7-4-13(21)5-8-15/h4-9,11,18H,2-3,10H2,1H3,(H,23,25)/t18-/m0/s1. The Hall–Kier alpha value is -3.06. The summed E-state index contributed by atoms with van der Waals surface area (Å²) < 4.78 is 20.0. The van der Waals surface area contributed by atoms with Crippen molar-refractivity contribution in [3.05, 3.63) is 64.5 Å². The Morgan fingerprint density at radius 1 is 1.26 bits per heavy atom. The van der Waals surface area contributed by atoms with E-state index in [1.807, 2.05) is 0 Å². The molecule has 1 fully saturated rings. The number of aryl methyl sites for hydroxylation is 1. The number of ether oxygens (including phenoxy) is 1. The minimum atomic E-state index is -0.451. The van der Waals surface area contributed by atoms with E-state index in [0.717, 1.165) is 6.42 Å². The second-order valence-corrected chi connectivity index (χ2v) is 6.50. The summed E-state index contributed by atoms with van der Waals surface area (Å²) in [6.07, 6.45) is 1.10. The third-order valence-electron chi connectivity index (χ3n) is 4.61. The van der Waals surface area contributed by atoms with Gasteiger partial charge in [0.15, 0.2) is 0 Å². The van der Waals surface area contributed by atoms with E-state index in [4.69, 9.17) is 4.74 Å². The van der Waals surface area contributed by atoms with E-state index in [-0.39, 0.29) is 17.3 Å². The van der Waals surface area contributed by atoms with Crippen LogP contribution >= 0.6 is 0 Å². The van der Waals surface area contributed by atoms with Crippen LogP contribution in [0, 0.1) is 12.7 Å². The number of benzene rings is 2. The summed E-state index contributed by atoms with van der Waals surface area (Å²) in [7, 11) is 0. The molecule has 0 unspecified atom stereocenters. The van der Waals surface area contributed by atoms with Crippen molar-refractivity contribution in [1.82, 2.24) is 9.55 Å². The molecule has 1 saturated heterocycles. The highest BCUT2D eigenvalue weighted by atomic mass is 19.1. The van der Waals surface area contributed by atoms with Crippen LogP contribution in [-0.4, -0.2) is 28.2 Å². The SMILES string of the molecule is Cc1nc2ccc(NC(=O)[C@@H]3CCCO3)cc2c(=O)n1-c1ccc(F)cc1. The Balaban J connectivity index is 1.75.